The Bertz CT molecular complexity index is 673. The molecule has 24 heavy (non-hydrogen) atoms. The first-order chi connectivity index (χ1) is 11.8. The number of carbonyl (C=O) groups is 1. The van der Waals surface area contributed by atoms with Gasteiger partial charge >= 0.3 is 0 Å². The summed E-state index contributed by atoms with van der Waals surface area (Å²) in [4.78, 5) is 21.8. The predicted molar refractivity (Wildman–Crippen MR) is 95.8 cm³/mol. The maximum atomic E-state index is 12.8. The Kier molecular flexibility index (Phi) is 4.63. The van der Waals surface area contributed by atoms with Crippen LogP contribution in [-0.2, 0) is 17.8 Å². The summed E-state index contributed by atoms with van der Waals surface area (Å²) in [6.45, 7) is 3.62. The normalized spacial score (nSPS) is 24.3. The van der Waals surface area contributed by atoms with Crippen LogP contribution in [0.3, 0.4) is 0 Å². The largest absolute Gasteiger partial charge is 0.332 e. The van der Waals surface area contributed by atoms with Crippen LogP contribution < -0.4 is 0 Å². The molecule has 2 bridgehead atoms. The summed E-state index contributed by atoms with van der Waals surface area (Å²) in [5, 5.41) is 2.05. The van der Waals surface area contributed by atoms with Crippen molar-refractivity contribution in [3.05, 3.63) is 52.5 Å². The summed E-state index contributed by atoms with van der Waals surface area (Å²) in [6, 6.07) is 11.0. The van der Waals surface area contributed by atoms with Crippen LogP contribution in [0.1, 0.15) is 24.1 Å². The lowest BCUT2D eigenvalue weighted by atomic mass is 9.94. The number of thiazole rings is 1. The third-order valence-electron chi connectivity index (χ3n) is 5.24. The van der Waals surface area contributed by atoms with Gasteiger partial charge < -0.3 is 9.80 Å². The molecule has 1 amide bonds. The Morgan fingerprint density at radius 2 is 2.04 bits per heavy atom. The second-order valence-electron chi connectivity index (χ2n) is 6.87. The quantitative estimate of drug-likeness (QED) is 0.839. The van der Waals surface area contributed by atoms with Crippen molar-refractivity contribution in [2.45, 2.75) is 31.8 Å². The van der Waals surface area contributed by atoms with Crippen molar-refractivity contribution in [2.75, 3.05) is 19.6 Å². The molecular weight excluding hydrogens is 318 g/mol. The molecular formula is C19H23N3OS. The maximum absolute atomic E-state index is 12.8. The maximum Gasteiger partial charge on any atom is 0.227 e. The fourth-order valence-corrected chi connectivity index (χ4v) is 4.49. The topological polar surface area (TPSA) is 36.4 Å². The molecule has 1 aromatic carbocycles. The number of carbonyl (C=O) groups excluding carboxylic acids is 1. The molecule has 4 heterocycles. The number of amides is 1. The molecule has 0 spiro atoms. The van der Waals surface area contributed by atoms with Crippen LogP contribution in [-0.4, -0.2) is 46.4 Å². The minimum absolute atomic E-state index is 0.165. The zero-order valence-corrected chi connectivity index (χ0v) is 14.6. The lowest BCUT2D eigenvalue weighted by molar-refractivity contribution is -0.140. The van der Waals surface area contributed by atoms with Crippen LogP contribution in [0.2, 0.25) is 0 Å². The molecule has 4 nitrogen and oxygen atoms in total. The number of benzene rings is 1. The first-order valence-corrected chi connectivity index (χ1v) is 9.67. The minimum Gasteiger partial charge on any atom is -0.332 e. The van der Waals surface area contributed by atoms with Gasteiger partial charge in [-0.3, -0.25) is 4.79 Å². The lowest BCUT2D eigenvalue weighted by Crippen LogP contribution is -2.47. The van der Waals surface area contributed by atoms with Crippen molar-refractivity contribution >= 4 is 17.2 Å². The molecule has 1 aromatic heterocycles. The van der Waals surface area contributed by atoms with Gasteiger partial charge in [0.25, 0.3) is 0 Å². The molecule has 3 fully saturated rings. The molecule has 5 rings (SSSR count). The zero-order valence-electron chi connectivity index (χ0n) is 13.8. The summed E-state index contributed by atoms with van der Waals surface area (Å²) < 4.78 is 0. The van der Waals surface area contributed by atoms with E-state index in [9.17, 15) is 4.79 Å². The first-order valence-electron chi connectivity index (χ1n) is 8.73. The standard InChI is InChI=1S/C19H23N3OS/c23-19-16-6-7-18(22(19)11-17-13-24-14-20-17)12-21(10-16)9-8-15-4-2-1-3-5-15/h1-5,13-14,16,18H,6-12H2/t16-,18+/m0/s1. The third kappa shape index (κ3) is 3.37. The van der Waals surface area contributed by atoms with Crippen LogP contribution in [0.4, 0.5) is 0 Å². The van der Waals surface area contributed by atoms with Crippen LogP contribution in [0.25, 0.3) is 0 Å². The molecule has 126 valence electrons. The van der Waals surface area contributed by atoms with Crippen LogP contribution in [0.5, 0.6) is 0 Å². The Labute approximate surface area is 147 Å². The second kappa shape index (κ2) is 7.03. The van der Waals surface area contributed by atoms with E-state index in [1.807, 2.05) is 5.51 Å². The highest BCUT2D eigenvalue weighted by Crippen LogP contribution is 2.30. The van der Waals surface area contributed by atoms with Crippen molar-refractivity contribution < 1.29 is 4.79 Å². The number of hydrogen-bond acceptors (Lipinski definition) is 4. The van der Waals surface area contributed by atoms with Gasteiger partial charge in [-0.1, -0.05) is 30.3 Å². The number of fused-ring (bicyclic) bond motifs is 4. The molecule has 5 heteroatoms. The van der Waals surface area contributed by atoms with E-state index in [1.165, 1.54) is 5.56 Å². The molecule has 0 radical (unpaired) electrons. The first kappa shape index (κ1) is 15.8. The van der Waals surface area contributed by atoms with Gasteiger partial charge in [0.05, 0.1) is 23.7 Å². The van der Waals surface area contributed by atoms with E-state index < -0.39 is 0 Å². The van der Waals surface area contributed by atoms with Gasteiger partial charge in [0.1, 0.15) is 0 Å². The highest BCUT2D eigenvalue weighted by molar-refractivity contribution is 7.07. The molecule has 0 aliphatic carbocycles. The molecule has 0 saturated carbocycles. The van der Waals surface area contributed by atoms with E-state index in [1.54, 1.807) is 11.3 Å². The van der Waals surface area contributed by atoms with Crippen molar-refractivity contribution in [2.24, 2.45) is 5.92 Å². The van der Waals surface area contributed by atoms with Crippen LogP contribution in [0, 0.1) is 5.92 Å². The molecule has 3 aliphatic heterocycles. The Morgan fingerprint density at radius 3 is 2.83 bits per heavy atom. The van der Waals surface area contributed by atoms with Crippen molar-refractivity contribution in [3.8, 4) is 0 Å². The Balaban J connectivity index is 1.43. The summed E-state index contributed by atoms with van der Waals surface area (Å²) in [7, 11) is 0. The monoisotopic (exact) mass is 341 g/mol. The molecule has 3 saturated heterocycles. The number of piperidine rings is 1. The summed E-state index contributed by atoms with van der Waals surface area (Å²) in [5.41, 5.74) is 4.25. The summed E-state index contributed by atoms with van der Waals surface area (Å²) in [5.74, 6) is 0.500. The van der Waals surface area contributed by atoms with Gasteiger partial charge in [0, 0.05) is 31.1 Å². The van der Waals surface area contributed by atoms with Gasteiger partial charge in [-0.2, -0.15) is 0 Å². The van der Waals surface area contributed by atoms with E-state index in [0.717, 1.165) is 44.6 Å². The molecule has 0 N–H and O–H groups in total. The van der Waals surface area contributed by atoms with Crippen molar-refractivity contribution in [1.82, 2.24) is 14.8 Å². The van der Waals surface area contributed by atoms with Gasteiger partial charge in [-0.25, -0.2) is 4.98 Å². The Morgan fingerprint density at radius 1 is 1.17 bits per heavy atom. The van der Waals surface area contributed by atoms with E-state index in [4.69, 9.17) is 0 Å². The lowest BCUT2D eigenvalue weighted by Gasteiger charge is -2.35. The van der Waals surface area contributed by atoms with E-state index in [2.05, 4.69) is 50.5 Å². The van der Waals surface area contributed by atoms with Gasteiger partial charge in [-0.05, 0) is 24.8 Å². The fourth-order valence-electron chi connectivity index (χ4n) is 3.94. The third-order valence-corrected chi connectivity index (χ3v) is 5.88. The number of hydrogen-bond donors (Lipinski definition) is 0. The van der Waals surface area contributed by atoms with Crippen LogP contribution >= 0.6 is 11.3 Å². The van der Waals surface area contributed by atoms with Gasteiger partial charge in [0.15, 0.2) is 0 Å². The van der Waals surface area contributed by atoms with Gasteiger partial charge in [0.2, 0.25) is 5.91 Å². The van der Waals surface area contributed by atoms with E-state index in [0.29, 0.717) is 18.5 Å². The minimum atomic E-state index is 0.165. The highest BCUT2D eigenvalue weighted by Gasteiger charge is 2.40. The average Bonchev–Trinajstić information content (AvgIpc) is 2.99. The van der Waals surface area contributed by atoms with Gasteiger partial charge in [-0.15, -0.1) is 11.3 Å². The number of rotatable bonds is 5. The van der Waals surface area contributed by atoms with E-state index in [-0.39, 0.29) is 5.92 Å². The Hall–Kier alpha value is -1.72. The molecule has 0 unspecified atom stereocenters. The SMILES string of the molecule is O=C1[C@H]2CC[C@H](CN(CCc3ccccc3)C2)N1Cc1cscn1. The van der Waals surface area contributed by atoms with E-state index >= 15 is 0 Å². The smallest absolute Gasteiger partial charge is 0.227 e. The fraction of sp³-hybridized carbons (Fsp3) is 0.474. The average molecular weight is 341 g/mol. The van der Waals surface area contributed by atoms with Crippen molar-refractivity contribution in [3.63, 3.8) is 0 Å². The predicted octanol–water partition coefficient (Wildman–Crippen LogP) is 2.81. The number of aromatic nitrogens is 1. The molecule has 2 aromatic rings. The molecule has 2 atom stereocenters. The molecule has 3 aliphatic rings. The van der Waals surface area contributed by atoms with Crippen molar-refractivity contribution in [1.29, 1.82) is 0 Å². The number of nitrogens with zero attached hydrogens (tertiary/aromatic N) is 3. The summed E-state index contributed by atoms with van der Waals surface area (Å²) >= 11 is 1.60. The second-order valence-corrected chi connectivity index (χ2v) is 7.59. The highest BCUT2D eigenvalue weighted by atomic mass is 32.1. The van der Waals surface area contributed by atoms with Crippen LogP contribution in [0.15, 0.2) is 41.2 Å². The zero-order chi connectivity index (χ0) is 16.4. The summed E-state index contributed by atoms with van der Waals surface area (Å²) in [6.07, 6.45) is 3.22.